The Balaban J connectivity index is 1.29. The molecule has 0 aromatic carbocycles. The van der Waals surface area contributed by atoms with Crippen LogP contribution in [-0.4, -0.2) is 64.9 Å². The van der Waals surface area contributed by atoms with Gasteiger partial charge in [-0.1, -0.05) is 6.07 Å². The van der Waals surface area contributed by atoms with E-state index in [1.54, 1.807) is 6.26 Å². The van der Waals surface area contributed by atoms with E-state index in [0.717, 1.165) is 83.1 Å². The molecule has 0 N–H and O–H groups in total. The van der Waals surface area contributed by atoms with E-state index in [1.165, 1.54) is 0 Å². The van der Waals surface area contributed by atoms with Crippen molar-refractivity contribution < 1.29 is 9.21 Å². The molecule has 2 saturated heterocycles. The number of amides is 1. The van der Waals surface area contributed by atoms with E-state index in [9.17, 15) is 4.79 Å². The monoisotopic (exact) mass is 382 g/mol. The normalized spacial score (nSPS) is 22.1. The molecule has 28 heavy (non-hydrogen) atoms. The number of aromatic nitrogens is 1. The second-order valence-corrected chi connectivity index (χ2v) is 7.93. The molecule has 2 aliphatic rings. The lowest BCUT2D eigenvalue weighted by Gasteiger charge is -2.34. The molecule has 0 saturated carbocycles. The maximum atomic E-state index is 13.2. The van der Waals surface area contributed by atoms with Gasteiger partial charge in [0.15, 0.2) is 0 Å². The summed E-state index contributed by atoms with van der Waals surface area (Å²) in [6.07, 6.45) is 6.68. The number of likely N-dealkylation sites (tertiary alicyclic amines) is 1. The summed E-state index contributed by atoms with van der Waals surface area (Å²) in [6.45, 7) is 7.18. The first-order chi connectivity index (χ1) is 13.8. The minimum absolute atomic E-state index is 0.117. The maximum Gasteiger partial charge on any atom is 0.227 e. The molecular weight excluding hydrogens is 352 g/mol. The Hall–Kier alpha value is -2.18. The number of carbonyl (C=O) groups excluding carboxylic acids is 1. The molecular formula is C22H30N4O2. The molecule has 4 rings (SSSR count). The van der Waals surface area contributed by atoms with Crippen LogP contribution in [0.2, 0.25) is 0 Å². The summed E-state index contributed by atoms with van der Waals surface area (Å²) in [5, 5.41) is 0. The fourth-order valence-corrected chi connectivity index (χ4v) is 4.35. The Morgan fingerprint density at radius 1 is 1.00 bits per heavy atom. The predicted octanol–water partition coefficient (Wildman–Crippen LogP) is 2.62. The van der Waals surface area contributed by atoms with Crippen molar-refractivity contribution in [3.8, 4) is 0 Å². The van der Waals surface area contributed by atoms with Gasteiger partial charge in [0.1, 0.15) is 5.76 Å². The quantitative estimate of drug-likeness (QED) is 0.796. The van der Waals surface area contributed by atoms with Gasteiger partial charge in [0, 0.05) is 45.5 Å². The van der Waals surface area contributed by atoms with Crippen LogP contribution in [0.1, 0.15) is 30.7 Å². The van der Waals surface area contributed by atoms with Crippen LogP contribution in [0.5, 0.6) is 0 Å². The predicted molar refractivity (Wildman–Crippen MR) is 107 cm³/mol. The molecule has 2 aliphatic heterocycles. The van der Waals surface area contributed by atoms with Gasteiger partial charge in [-0.2, -0.15) is 0 Å². The topological polar surface area (TPSA) is 52.8 Å². The van der Waals surface area contributed by atoms with Gasteiger partial charge in [0.05, 0.1) is 24.4 Å². The number of rotatable bonds is 5. The Bertz CT molecular complexity index is 734. The van der Waals surface area contributed by atoms with E-state index >= 15 is 0 Å². The van der Waals surface area contributed by atoms with E-state index in [2.05, 4.69) is 25.8 Å². The molecule has 0 aliphatic carbocycles. The Kier molecular flexibility index (Phi) is 6.39. The summed E-state index contributed by atoms with van der Waals surface area (Å²) in [7, 11) is 0. The van der Waals surface area contributed by atoms with E-state index in [4.69, 9.17) is 4.42 Å². The largest absolute Gasteiger partial charge is 0.468 e. The SMILES string of the molecule is O=C([C@H]1CCCN(Cc2ccco2)C1)N1CCCN(Cc2ccccn2)CC1. The number of nitrogens with zero attached hydrogens (tertiary/aromatic N) is 4. The molecule has 2 fully saturated rings. The number of hydrogen-bond donors (Lipinski definition) is 0. The average molecular weight is 383 g/mol. The molecule has 1 atom stereocenters. The lowest BCUT2D eigenvalue weighted by atomic mass is 9.96. The minimum atomic E-state index is 0.117. The zero-order valence-electron chi connectivity index (χ0n) is 16.5. The van der Waals surface area contributed by atoms with Crippen molar-refractivity contribution >= 4 is 5.91 Å². The van der Waals surface area contributed by atoms with E-state index in [-0.39, 0.29) is 5.92 Å². The third-order valence-corrected chi connectivity index (χ3v) is 5.83. The first kappa shape index (κ1) is 19.2. The Labute approximate surface area is 167 Å². The lowest BCUT2D eigenvalue weighted by Crippen LogP contribution is -2.45. The van der Waals surface area contributed by atoms with Crippen LogP contribution in [0.15, 0.2) is 47.2 Å². The number of piperidine rings is 1. The minimum Gasteiger partial charge on any atom is -0.468 e. The van der Waals surface area contributed by atoms with Crippen LogP contribution >= 0.6 is 0 Å². The fourth-order valence-electron chi connectivity index (χ4n) is 4.35. The summed E-state index contributed by atoms with van der Waals surface area (Å²) in [5.41, 5.74) is 1.10. The smallest absolute Gasteiger partial charge is 0.227 e. The highest BCUT2D eigenvalue weighted by molar-refractivity contribution is 5.79. The van der Waals surface area contributed by atoms with E-state index in [0.29, 0.717) is 5.91 Å². The van der Waals surface area contributed by atoms with Crippen molar-refractivity contribution in [1.29, 1.82) is 0 Å². The summed E-state index contributed by atoms with van der Waals surface area (Å²) >= 11 is 0. The number of carbonyl (C=O) groups is 1. The molecule has 6 nitrogen and oxygen atoms in total. The summed E-state index contributed by atoms with van der Waals surface area (Å²) in [4.78, 5) is 24.5. The van der Waals surface area contributed by atoms with Gasteiger partial charge in [-0.3, -0.25) is 19.6 Å². The van der Waals surface area contributed by atoms with Crippen molar-refractivity contribution in [3.05, 3.63) is 54.2 Å². The number of furan rings is 1. The van der Waals surface area contributed by atoms with Crippen molar-refractivity contribution in [2.45, 2.75) is 32.4 Å². The third kappa shape index (κ3) is 5.00. The average Bonchev–Trinajstić information content (AvgIpc) is 3.13. The molecule has 0 spiro atoms. The van der Waals surface area contributed by atoms with Gasteiger partial charge in [0.2, 0.25) is 5.91 Å². The van der Waals surface area contributed by atoms with Gasteiger partial charge in [-0.25, -0.2) is 0 Å². The van der Waals surface area contributed by atoms with Gasteiger partial charge in [-0.15, -0.1) is 0 Å². The molecule has 6 heteroatoms. The zero-order valence-corrected chi connectivity index (χ0v) is 16.5. The fraction of sp³-hybridized carbons (Fsp3) is 0.545. The van der Waals surface area contributed by atoms with Crippen LogP contribution in [-0.2, 0) is 17.9 Å². The maximum absolute atomic E-state index is 13.2. The molecule has 0 radical (unpaired) electrons. The molecule has 1 amide bonds. The molecule has 0 bridgehead atoms. The van der Waals surface area contributed by atoms with Crippen molar-refractivity contribution in [2.75, 3.05) is 39.3 Å². The highest BCUT2D eigenvalue weighted by Gasteiger charge is 2.30. The molecule has 2 aromatic rings. The van der Waals surface area contributed by atoms with Gasteiger partial charge < -0.3 is 9.32 Å². The molecule has 4 heterocycles. The number of hydrogen-bond acceptors (Lipinski definition) is 5. The molecule has 0 unspecified atom stereocenters. The summed E-state index contributed by atoms with van der Waals surface area (Å²) < 4.78 is 5.48. The van der Waals surface area contributed by atoms with Crippen LogP contribution in [0.4, 0.5) is 0 Å². The van der Waals surface area contributed by atoms with Gasteiger partial charge in [-0.05, 0) is 50.1 Å². The van der Waals surface area contributed by atoms with Crippen LogP contribution < -0.4 is 0 Å². The Morgan fingerprint density at radius 3 is 2.75 bits per heavy atom. The highest BCUT2D eigenvalue weighted by atomic mass is 16.3. The molecule has 2 aromatic heterocycles. The number of pyridine rings is 1. The third-order valence-electron chi connectivity index (χ3n) is 5.83. The lowest BCUT2D eigenvalue weighted by molar-refractivity contribution is -0.137. The molecule has 150 valence electrons. The van der Waals surface area contributed by atoms with Crippen molar-refractivity contribution in [2.24, 2.45) is 5.92 Å². The van der Waals surface area contributed by atoms with Gasteiger partial charge in [0.25, 0.3) is 0 Å². The van der Waals surface area contributed by atoms with Crippen molar-refractivity contribution in [3.63, 3.8) is 0 Å². The first-order valence-corrected chi connectivity index (χ1v) is 10.4. The van der Waals surface area contributed by atoms with Crippen LogP contribution in [0.3, 0.4) is 0 Å². The zero-order chi connectivity index (χ0) is 19.2. The van der Waals surface area contributed by atoms with E-state index < -0.39 is 0 Å². The standard InChI is InChI=1S/C22H30N4O2/c27-22(19-6-3-10-25(16-19)18-21-8-4-15-28-21)26-12-5-11-24(13-14-26)17-20-7-1-2-9-23-20/h1-2,4,7-9,15,19H,3,5-6,10-14,16-18H2/t19-/m0/s1. The van der Waals surface area contributed by atoms with E-state index in [1.807, 2.05) is 30.5 Å². The first-order valence-electron chi connectivity index (χ1n) is 10.4. The summed E-state index contributed by atoms with van der Waals surface area (Å²) in [6, 6.07) is 9.99. The highest BCUT2D eigenvalue weighted by Crippen LogP contribution is 2.21. The second kappa shape index (κ2) is 9.34. The second-order valence-electron chi connectivity index (χ2n) is 7.93. The van der Waals surface area contributed by atoms with Crippen LogP contribution in [0, 0.1) is 5.92 Å². The Morgan fingerprint density at radius 2 is 1.93 bits per heavy atom. The van der Waals surface area contributed by atoms with Crippen LogP contribution in [0.25, 0.3) is 0 Å². The summed E-state index contributed by atoms with van der Waals surface area (Å²) in [5.74, 6) is 1.43. The van der Waals surface area contributed by atoms with Gasteiger partial charge >= 0.3 is 0 Å². The van der Waals surface area contributed by atoms with Crippen molar-refractivity contribution in [1.82, 2.24) is 19.7 Å².